The molecule has 98 valence electrons. The first kappa shape index (κ1) is 12.7. The first-order valence-corrected chi connectivity index (χ1v) is 7.85. The average Bonchev–Trinajstić information content (AvgIpc) is 2.50. The molecule has 1 fully saturated rings. The molecule has 1 saturated heterocycles. The Morgan fingerprint density at radius 2 is 1.95 bits per heavy atom. The summed E-state index contributed by atoms with van der Waals surface area (Å²) in [7, 11) is 0. The lowest BCUT2D eigenvalue weighted by Gasteiger charge is -2.35. The number of rotatable bonds is 3. The maximum atomic E-state index is 4.45. The van der Waals surface area contributed by atoms with E-state index >= 15 is 0 Å². The Labute approximate surface area is 118 Å². The third-order valence-electron chi connectivity index (χ3n) is 3.51. The molecule has 0 amide bonds. The fourth-order valence-electron chi connectivity index (χ4n) is 2.51. The van der Waals surface area contributed by atoms with Crippen molar-refractivity contribution in [3.05, 3.63) is 66.0 Å². The van der Waals surface area contributed by atoms with Crippen molar-refractivity contribution in [3.63, 3.8) is 0 Å². The van der Waals surface area contributed by atoms with E-state index in [9.17, 15) is 0 Å². The van der Waals surface area contributed by atoms with Crippen LogP contribution < -0.4 is 0 Å². The first-order valence-electron chi connectivity index (χ1n) is 6.70. The Morgan fingerprint density at radius 1 is 1.11 bits per heavy atom. The highest BCUT2D eigenvalue weighted by Gasteiger charge is 2.24. The zero-order valence-corrected chi connectivity index (χ0v) is 11.7. The quantitative estimate of drug-likeness (QED) is 0.850. The van der Waals surface area contributed by atoms with Gasteiger partial charge >= 0.3 is 0 Å². The maximum Gasteiger partial charge on any atom is 0.0544 e. The van der Waals surface area contributed by atoms with Crippen molar-refractivity contribution in [3.8, 4) is 0 Å². The summed E-state index contributed by atoms with van der Waals surface area (Å²) >= 11 is 2.05. The van der Waals surface area contributed by atoms with Gasteiger partial charge in [0.1, 0.15) is 0 Å². The molecule has 2 aromatic rings. The average molecular weight is 270 g/mol. The van der Waals surface area contributed by atoms with E-state index in [-0.39, 0.29) is 0 Å². The van der Waals surface area contributed by atoms with Crippen molar-refractivity contribution in [1.29, 1.82) is 0 Å². The topological polar surface area (TPSA) is 16.1 Å². The molecule has 1 atom stereocenters. The van der Waals surface area contributed by atoms with Gasteiger partial charge in [-0.25, -0.2) is 0 Å². The molecule has 1 aromatic carbocycles. The lowest BCUT2D eigenvalue weighted by Crippen LogP contribution is -2.35. The molecule has 0 saturated carbocycles. The summed E-state index contributed by atoms with van der Waals surface area (Å²) < 4.78 is 0. The molecule has 1 unspecified atom stereocenters. The largest absolute Gasteiger partial charge is 0.289 e. The van der Waals surface area contributed by atoms with Crippen LogP contribution in [-0.4, -0.2) is 27.9 Å². The Bertz CT molecular complexity index is 501. The van der Waals surface area contributed by atoms with Crippen LogP contribution in [0.3, 0.4) is 0 Å². The Hall–Kier alpha value is -1.32. The van der Waals surface area contributed by atoms with Gasteiger partial charge in [-0.3, -0.25) is 9.88 Å². The van der Waals surface area contributed by atoms with Crippen molar-refractivity contribution in [1.82, 2.24) is 9.88 Å². The van der Waals surface area contributed by atoms with Gasteiger partial charge in [0, 0.05) is 36.8 Å². The molecular weight excluding hydrogens is 252 g/mol. The van der Waals surface area contributed by atoms with Gasteiger partial charge in [-0.1, -0.05) is 36.4 Å². The van der Waals surface area contributed by atoms with E-state index in [2.05, 4.69) is 64.1 Å². The SMILES string of the molecule is c1ccc(C2CSCCN2Cc2ccccn2)cc1. The minimum atomic E-state index is 0.516. The van der Waals surface area contributed by atoms with Gasteiger partial charge in [0.05, 0.1) is 5.69 Å². The van der Waals surface area contributed by atoms with Crippen LogP contribution in [-0.2, 0) is 6.54 Å². The van der Waals surface area contributed by atoms with Crippen LogP contribution in [0.1, 0.15) is 17.3 Å². The number of benzene rings is 1. The first-order chi connectivity index (χ1) is 9.43. The van der Waals surface area contributed by atoms with Gasteiger partial charge < -0.3 is 0 Å². The summed E-state index contributed by atoms with van der Waals surface area (Å²) in [6.45, 7) is 2.09. The normalized spacial score (nSPS) is 20.3. The molecule has 0 spiro atoms. The van der Waals surface area contributed by atoms with Gasteiger partial charge in [0.15, 0.2) is 0 Å². The zero-order chi connectivity index (χ0) is 12.9. The van der Waals surface area contributed by atoms with Gasteiger partial charge in [0.2, 0.25) is 0 Å². The van der Waals surface area contributed by atoms with Crippen LogP contribution in [0.2, 0.25) is 0 Å². The number of pyridine rings is 1. The lowest BCUT2D eigenvalue weighted by atomic mass is 10.1. The molecule has 1 aromatic heterocycles. The fourth-order valence-corrected chi connectivity index (χ4v) is 3.67. The molecule has 2 nitrogen and oxygen atoms in total. The standard InChI is InChI=1S/C16H18N2S/c1-2-6-14(7-3-1)16-13-19-11-10-18(16)12-15-8-4-5-9-17-15/h1-9,16H,10-13H2. The second kappa shape index (κ2) is 6.22. The molecule has 0 radical (unpaired) electrons. The summed E-state index contributed by atoms with van der Waals surface area (Å²) in [6.07, 6.45) is 1.88. The molecule has 3 heteroatoms. The molecule has 19 heavy (non-hydrogen) atoms. The van der Waals surface area contributed by atoms with Crippen LogP contribution in [0.4, 0.5) is 0 Å². The highest BCUT2D eigenvalue weighted by atomic mass is 32.2. The number of hydrogen-bond donors (Lipinski definition) is 0. The second-order valence-corrected chi connectivity index (χ2v) is 5.94. The summed E-state index contributed by atoms with van der Waals surface area (Å²) in [4.78, 5) is 7.00. The van der Waals surface area contributed by atoms with Gasteiger partial charge in [-0.05, 0) is 17.7 Å². The van der Waals surface area contributed by atoms with Crippen molar-refractivity contribution < 1.29 is 0 Å². The second-order valence-electron chi connectivity index (χ2n) is 4.79. The number of thioether (sulfide) groups is 1. The van der Waals surface area contributed by atoms with Gasteiger partial charge in [-0.2, -0.15) is 11.8 Å². The van der Waals surface area contributed by atoms with Crippen LogP contribution in [0.15, 0.2) is 54.7 Å². The van der Waals surface area contributed by atoms with E-state index in [1.807, 2.05) is 12.3 Å². The number of aromatic nitrogens is 1. The van der Waals surface area contributed by atoms with Crippen LogP contribution >= 0.6 is 11.8 Å². The predicted molar refractivity (Wildman–Crippen MR) is 81.2 cm³/mol. The van der Waals surface area contributed by atoms with E-state index in [4.69, 9.17) is 0 Å². The highest BCUT2D eigenvalue weighted by molar-refractivity contribution is 7.99. The van der Waals surface area contributed by atoms with Gasteiger partial charge in [-0.15, -0.1) is 0 Å². The lowest BCUT2D eigenvalue weighted by molar-refractivity contribution is 0.209. The number of hydrogen-bond acceptors (Lipinski definition) is 3. The Balaban J connectivity index is 1.78. The fraction of sp³-hybridized carbons (Fsp3) is 0.312. The van der Waals surface area contributed by atoms with Gasteiger partial charge in [0.25, 0.3) is 0 Å². The summed E-state index contributed by atoms with van der Waals surface area (Å²) in [6, 6.07) is 17.5. The minimum Gasteiger partial charge on any atom is -0.289 e. The van der Waals surface area contributed by atoms with E-state index < -0.39 is 0 Å². The van der Waals surface area contributed by atoms with Crippen molar-refractivity contribution in [2.24, 2.45) is 0 Å². The third kappa shape index (κ3) is 3.17. The monoisotopic (exact) mass is 270 g/mol. The van der Waals surface area contributed by atoms with E-state index in [0.29, 0.717) is 6.04 Å². The molecule has 1 aliphatic rings. The third-order valence-corrected chi connectivity index (χ3v) is 4.54. The van der Waals surface area contributed by atoms with Crippen LogP contribution in [0.25, 0.3) is 0 Å². The predicted octanol–water partition coefficient (Wildman–Crippen LogP) is 3.37. The molecular formula is C16H18N2S. The maximum absolute atomic E-state index is 4.45. The molecule has 2 heterocycles. The summed E-state index contributed by atoms with van der Waals surface area (Å²) in [5.74, 6) is 2.40. The van der Waals surface area contributed by atoms with Crippen LogP contribution in [0.5, 0.6) is 0 Å². The van der Waals surface area contributed by atoms with E-state index in [0.717, 1.165) is 18.8 Å². The van der Waals surface area contributed by atoms with Crippen LogP contribution in [0, 0.1) is 0 Å². The minimum absolute atomic E-state index is 0.516. The van der Waals surface area contributed by atoms with Crippen molar-refractivity contribution >= 4 is 11.8 Å². The zero-order valence-electron chi connectivity index (χ0n) is 10.9. The molecule has 3 rings (SSSR count). The Morgan fingerprint density at radius 3 is 2.74 bits per heavy atom. The summed E-state index contributed by atoms with van der Waals surface area (Å²) in [5, 5.41) is 0. The van der Waals surface area contributed by atoms with E-state index in [1.165, 1.54) is 17.1 Å². The van der Waals surface area contributed by atoms with Crippen molar-refractivity contribution in [2.45, 2.75) is 12.6 Å². The molecule has 0 bridgehead atoms. The molecule has 0 N–H and O–H groups in total. The number of nitrogens with zero attached hydrogens (tertiary/aromatic N) is 2. The van der Waals surface area contributed by atoms with Crippen molar-refractivity contribution in [2.75, 3.05) is 18.1 Å². The smallest absolute Gasteiger partial charge is 0.0544 e. The highest BCUT2D eigenvalue weighted by Crippen LogP contribution is 2.30. The summed E-state index contributed by atoms with van der Waals surface area (Å²) in [5.41, 5.74) is 2.58. The Kier molecular flexibility index (Phi) is 4.16. The molecule has 0 aliphatic carbocycles. The molecule has 1 aliphatic heterocycles. The van der Waals surface area contributed by atoms with E-state index in [1.54, 1.807) is 0 Å².